The maximum atomic E-state index is 14.3. The molecule has 0 saturated carbocycles. The number of alkyl halides is 3. The Morgan fingerprint density at radius 3 is 2.26 bits per heavy atom. The molecule has 21 heteroatoms. The number of allylic oxidation sites excluding steroid dienone is 1. The van der Waals surface area contributed by atoms with Crippen LogP contribution in [0.2, 0.25) is 5.02 Å². The Bertz CT molecular complexity index is 2810. The fourth-order valence-electron chi connectivity index (χ4n) is 8.85. The summed E-state index contributed by atoms with van der Waals surface area (Å²) in [5.41, 5.74) is 7.14. The fraction of sp³-hybridized carbons (Fsp3) is 0.451. The van der Waals surface area contributed by atoms with Crippen molar-refractivity contribution < 1.29 is 39.6 Å². The Morgan fingerprint density at radius 1 is 0.917 bits per heavy atom. The van der Waals surface area contributed by atoms with Crippen LogP contribution in [0.5, 0.6) is 0 Å². The van der Waals surface area contributed by atoms with Gasteiger partial charge in [0.25, 0.3) is 25.8 Å². The molecule has 0 radical (unpaired) electrons. The Kier molecular flexibility index (Phi) is 19.6. The lowest BCUT2D eigenvalue weighted by atomic mass is 9.73. The molecule has 2 N–H and O–H groups in total. The van der Waals surface area contributed by atoms with Gasteiger partial charge >= 0.3 is 5.51 Å². The van der Waals surface area contributed by atoms with Crippen molar-refractivity contribution in [3.63, 3.8) is 0 Å². The van der Waals surface area contributed by atoms with Crippen LogP contribution in [0.15, 0.2) is 122 Å². The van der Waals surface area contributed by atoms with Gasteiger partial charge < -0.3 is 15.1 Å². The molecule has 14 nitrogen and oxygen atoms in total. The number of nitrogens with zero attached hydrogens (tertiary/aromatic N) is 6. The van der Waals surface area contributed by atoms with E-state index in [9.17, 15) is 39.6 Å². The number of piperazine rings is 1. The third-order valence-corrected chi connectivity index (χ3v) is 17.3. The summed E-state index contributed by atoms with van der Waals surface area (Å²) >= 11 is 7.55. The number of anilines is 2. The van der Waals surface area contributed by atoms with E-state index in [1.807, 2.05) is 47.2 Å². The summed E-state index contributed by atoms with van der Waals surface area (Å²) in [5, 5.41) is 7.12. The molecule has 0 unspecified atom stereocenters. The highest BCUT2D eigenvalue weighted by Crippen LogP contribution is 2.43. The normalized spacial score (nSPS) is 15.9. The van der Waals surface area contributed by atoms with E-state index in [1.165, 1.54) is 45.5 Å². The predicted octanol–water partition coefficient (Wildman–Crippen LogP) is 11.2. The molecule has 0 spiro atoms. The van der Waals surface area contributed by atoms with E-state index in [0.717, 1.165) is 74.5 Å². The summed E-state index contributed by atoms with van der Waals surface area (Å²) in [7, 11) is -9.45. The first kappa shape index (κ1) is 56.1. The molecular weight excluding hydrogens is 1010 g/mol. The van der Waals surface area contributed by atoms with E-state index in [2.05, 4.69) is 51.1 Å². The minimum absolute atomic E-state index is 0.0339. The maximum Gasteiger partial charge on any atom is 0.501 e. The highest BCUT2D eigenvalue weighted by atomic mass is 35.5. The van der Waals surface area contributed by atoms with Crippen LogP contribution in [0.25, 0.3) is 16.0 Å². The predicted molar refractivity (Wildman–Crippen MR) is 279 cm³/mol. The van der Waals surface area contributed by atoms with Crippen molar-refractivity contribution in [3.8, 4) is 0 Å². The standard InChI is InChI=1S/C51H62ClF3N8O6S3/c1-50(2)26-24-45(37-14-18-40(52)19-15-37)39(34-50)35-62-29-31-63(32-30-62)42-20-16-38(17-21-42)49(65)59-72(68,69)44-22-23-46(47(33-44)71(66,67)51(53,54)55)58-41(36-70-43-11-7-6-8-12-43)25-28-61(3)48(64)13-9-4-5-10-27-57-60-56/h6-8,11-12,14-23,33,41,58H,4-5,9-10,13,24-32,34-36H2,1-3H3,(H,59,65)/t41-/m1/s1. The smallest absolute Gasteiger partial charge is 0.380 e. The van der Waals surface area contributed by atoms with Gasteiger partial charge in [-0.05, 0) is 127 Å². The minimum Gasteiger partial charge on any atom is -0.380 e. The number of unbranched alkanes of at least 4 members (excludes halogenated alkanes) is 3. The molecule has 388 valence electrons. The first-order valence-corrected chi connectivity index (χ1v) is 28.2. The number of sulfonamides is 1. The molecular formula is C51H62ClF3N8O6S3. The molecule has 4 aromatic carbocycles. The van der Waals surface area contributed by atoms with Crippen molar-refractivity contribution >= 4 is 72.0 Å². The topological polar surface area (TPSA) is 185 Å². The Hall–Kier alpha value is -5.24. The van der Waals surface area contributed by atoms with Gasteiger partial charge in [0.2, 0.25) is 5.91 Å². The number of hydrogen-bond donors (Lipinski definition) is 2. The van der Waals surface area contributed by atoms with Gasteiger partial charge in [-0.25, -0.2) is 21.6 Å². The molecule has 4 aromatic rings. The van der Waals surface area contributed by atoms with Crippen LogP contribution in [0.3, 0.4) is 0 Å². The lowest BCUT2D eigenvalue weighted by molar-refractivity contribution is -0.130. The van der Waals surface area contributed by atoms with Crippen LogP contribution in [-0.4, -0.2) is 109 Å². The summed E-state index contributed by atoms with van der Waals surface area (Å²) in [5.74, 6) is -0.980. The molecule has 1 fully saturated rings. The van der Waals surface area contributed by atoms with Crippen molar-refractivity contribution in [2.24, 2.45) is 10.5 Å². The van der Waals surface area contributed by atoms with Gasteiger partial charge in [0.05, 0.1) is 10.6 Å². The second kappa shape index (κ2) is 25.1. The number of carbonyl (C=O) groups is 2. The molecule has 2 aliphatic rings. The number of thioether (sulfide) groups is 1. The third-order valence-electron chi connectivity index (χ3n) is 13.0. The molecule has 2 amide bonds. The summed E-state index contributed by atoms with van der Waals surface area (Å²) in [6.07, 6.45) is 6.41. The number of carbonyl (C=O) groups excluding carboxylic acids is 2. The largest absolute Gasteiger partial charge is 0.501 e. The number of azide groups is 1. The average Bonchev–Trinajstić information content (AvgIpc) is 3.34. The van der Waals surface area contributed by atoms with Crippen molar-refractivity contribution in [1.29, 1.82) is 0 Å². The van der Waals surface area contributed by atoms with Crippen molar-refractivity contribution in [2.45, 2.75) is 97.9 Å². The van der Waals surface area contributed by atoms with Crippen LogP contribution in [-0.2, 0) is 24.7 Å². The van der Waals surface area contributed by atoms with E-state index in [4.69, 9.17) is 17.1 Å². The van der Waals surface area contributed by atoms with Crippen LogP contribution < -0.4 is 14.9 Å². The molecule has 1 atom stereocenters. The van der Waals surface area contributed by atoms with Gasteiger partial charge in [0.15, 0.2) is 0 Å². The second-order valence-corrected chi connectivity index (χ2v) is 24.1. The zero-order valence-electron chi connectivity index (χ0n) is 40.7. The molecule has 72 heavy (non-hydrogen) atoms. The van der Waals surface area contributed by atoms with E-state index in [-0.39, 0.29) is 42.0 Å². The highest BCUT2D eigenvalue weighted by Gasteiger charge is 2.48. The lowest BCUT2D eigenvalue weighted by Gasteiger charge is -2.39. The van der Waals surface area contributed by atoms with Gasteiger partial charge in [-0.2, -0.15) is 13.2 Å². The Labute approximate surface area is 430 Å². The average molecular weight is 1070 g/mol. The van der Waals surface area contributed by atoms with E-state index >= 15 is 0 Å². The van der Waals surface area contributed by atoms with Crippen molar-refractivity contribution in [2.75, 3.05) is 68.8 Å². The lowest BCUT2D eigenvalue weighted by Crippen LogP contribution is -2.47. The Morgan fingerprint density at radius 2 is 1.60 bits per heavy atom. The van der Waals surface area contributed by atoms with E-state index < -0.39 is 52.8 Å². The van der Waals surface area contributed by atoms with E-state index in [1.54, 1.807) is 19.2 Å². The molecule has 1 aliphatic carbocycles. The van der Waals surface area contributed by atoms with Crippen molar-refractivity contribution in [3.05, 3.63) is 129 Å². The molecule has 0 bridgehead atoms. The van der Waals surface area contributed by atoms with Gasteiger partial charge in [0, 0.05) is 97.2 Å². The van der Waals surface area contributed by atoms with Gasteiger partial charge in [-0.3, -0.25) is 14.5 Å². The molecule has 1 heterocycles. The third kappa shape index (κ3) is 15.6. The zero-order chi connectivity index (χ0) is 52.1. The first-order valence-electron chi connectivity index (χ1n) is 23.9. The van der Waals surface area contributed by atoms with Gasteiger partial charge in [-0.1, -0.05) is 79.3 Å². The highest BCUT2D eigenvalue weighted by molar-refractivity contribution is 7.99. The zero-order valence-corrected chi connectivity index (χ0v) is 43.9. The Balaban J connectivity index is 1.11. The molecule has 0 aromatic heterocycles. The molecule has 1 saturated heterocycles. The number of rotatable bonds is 23. The van der Waals surface area contributed by atoms with Crippen LogP contribution >= 0.6 is 23.4 Å². The van der Waals surface area contributed by atoms with Crippen LogP contribution in [0.1, 0.15) is 87.6 Å². The van der Waals surface area contributed by atoms with Gasteiger partial charge in [-0.15, -0.1) is 11.8 Å². The van der Waals surface area contributed by atoms with Crippen molar-refractivity contribution in [1.82, 2.24) is 14.5 Å². The quantitative estimate of drug-likeness (QED) is 0.0238. The monoisotopic (exact) mass is 1070 g/mol. The number of benzene rings is 4. The fourth-order valence-corrected chi connectivity index (χ4v) is 12.0. The maximum absolute atomic E-state index is 14.3. The number of nitrogens with one attached hydrogen (secondary N) is 2. The van der Waals surface area contributed by atoms with Crippen LogP contribution in [0, 0.1) is 5.41 Å². The van der Waals surface area contributed by atoms with E-state index in [0.29, 0.717) is 43.6 Å². The molecule has 6 rings (SSSR count). The summed E-state index contributed by atoms with van der Waals surface area (Å²) in [4.78, 5) is 33.8. The molecule has 1 aliphatic heterocycles. The summed E-state index contributed by atoms with van der Waals surface area (Å²) < 4.78 is 98.4. The first-order chi connectivity index (χ1) is 34.2. The second-order valence-electron chi connectivity index (χ2n) is 19.0. The minimum atomic E-state index is -6.14. The number of amides is 2. The van der Waals surface area contributed by atoms with Crippen LogP contribution in [0.4, 0.5) is 24.5 Å². The van der Waals surface area contributed by atoms with Gasteiger partial charge in [0.1, 0.15) is 4.90 Å². The summed E-state index contributed by atoms with van der Waals surface area (Å²) in [6.45, 7) is 9.05. The number of sulfone groups is 1. The summed E-state index contributed by atoms with van der Waals surface area (Å²) in [6, 6.07) is 25.1. The SMILES string of the molecule is CN(CC[C@H](CSc1ccccc1)Nc1ccc(S(=O)(=O)NC(=O)c2ccc(N3CCN(CC4=C(c5ccc(Cl)cc5)CCC(C)(C)C4)CC3)cc2)cc1S(=O)(=O)C(F)(F)F)C(=O)CCCCCCN=[N+]=[N-]. The number of halogens is 4. The number of hydrogen-bond acceptors (Lipinski definition) is 11.